The number of amides is 1. The lowest BCUT2D eigenvalue weighted by Gasteiger charge is -2.46. The summed E-state index contributed by atoms with van der Waals surface area (Å²) < 4.78 is 11.0. The van der Waals surface area contributed by atoms with Gasteiger partial charge in [0.1, 0.15) is 0 Å². The van der Waals surface area contributed by atoms with Gasteiger partial charge in [0, 0.05) is 19.8 Å². The third-order valence-corrected chi connectivity index (χ3v) is 4.60. The smallest absolute Gasteiger partial charge is 0.247 e. The van der Waals surface area contributed by atoms with Crippen LogP contribution in [0.2, 0.25) is 0 Å². The van der Waals surface area contributed by atoms with E-state index in [0.717, 1.165) is 11.1 Å². The molecule has 4 heteroatoms. The summed E-state index contributed by atoms with van der Waals surface area (Å²) in [6, 6.07) is 19.7. The van der Waals surface area contributed by atoms with Crippen LogP contribution in [0.15, 0.2) is 60.7 Å². The van der Waals surface area contributed by atoms with E-state index in [1.165, 1.54) is 0 Å². The van der Waals surface area contributed by atoms with E-state index in [0.29, 0.717) is 26.3 Å². The van der Waals surface area contributed by atoms with E-state index in [2.05, 4.69) is 11.8 Å². The highest BCUT2D eigenvalue weighted by Crippen LogP contribution is 2.36. The van der Waals surface area contributed by atoms with Crippen molar-refractivity contribution in [3.8, 4) is 11.8 Å². The Bertz CT molecular complexity index is 804. The van der Waals surface area contributed by atoms with Gasteiger partial charge in [-0.25, -0.2) is 0 Å². The first-order valence-corrected chi connectivity index (χ1v) is 9.34. The van der Waals surface area contributed by atoms with Gasteiger partial charge >= 0.3 is 0 Å². The van der Waals surface area contributed by atoms with Crippen molar-refractivity contribution in [3.63, 3.8) is 0 Å². The Morgan fingerprint density at radius 2 is 1.59 bits per heavy atom. The Morgan fingerprint density at radius 3 is 2.15 bits per heavy atom. The largest absolute Gasteiger partial charge is 0.342 e. The second-order valence-corrected chi connectivity index (χ2v) is 6.43. The van der Waals surface area contributed by atoms with Crippen molar-refractivity contribution in [2.24, 2.45) is 0 Å². The highest BCUT2D eigenvalue weighted by atomic mass is 16.7. The minimum absolute atomic E-state index is 0.0248. The van der Waals surface area contributed by atoms with E-state index in [1.807, 2.05) is 79.4 Å². The van der Waals surface area contributed by atoms with Gasteiger partial charge in [0.15, 0.2) is 5.41 Å². The third kappa shape index (κ3) is 4.21. The molecule has 140 valence electrons. The molecule has 1 fully saturated rings. The molecule has 2 aromatic rings. The van der Waals surface area contributed by atoms with Gasteiger partial charge < -0.3 is 14.4 Å². The Balaban J connectivity index is 1.85. The number of hydrogen-bond donors (Lipinski definition) is 0. The van der Waals surface area contributed by atoms with Crippen molar-refractivity contribution >= 4 is 5.91 Å². The van der Waals surface area contributed by atoms with E-state index < -0.39 is 11.7 Å². The SMILES string of the molecule is CCOC(C#C[C@@]1(c2ccccc2)CN(Cc2ccccc2)C1=O)OCC. The zero-order chi connectivity index (χ0) is 19.1. The van der Waals surface area contributed by atoms with Crippen LogP contribution in [0.5, 0.6) is 0 Å². The Kier molecular flexibility index (Phi) is 6.28. The molecule has 27 heavy (non-hydrogen) atoms. The van der Waals surface area contributed by atoms with Gasteiger partial charge in [-0.1, -0.05) is 66.6 Å². The molecule has 0 unspecified atom stereocenters. The van der Waals surface area contributed by atoms with Crippen LogP contribution in [0.1, 0.15) is 25.0 Å². The van der Waals surface area contributed by atoms with Crippen LogP contribution >= 0.6 is 0 Å². The number of β-lactam (4-membered cyclic amide) rings is 1. The molecule has 0 bridgehead atoms. The summed E-state index contributed by atoms with van der Waals surface area (Å²) in [5.41, 5.74) is 1.20. The minimum atomic E-state index is -0.831. The highest BCUT2D eigenvalue weighted by Gasteiger charge is 2.52. The maximum atomic E-state index is 13.2. The predicted molar refractivity (Wildman–Crippen MR) is 105 cm³/mol. The quantitative estimate of drug-likeness (QED) is 0.430. The fourth-order valence-electron chi connectivity index (χ4n) is 3.25. The molecule has 1 aliphatic rings. The van der Waals surface area contributed by atoms with Gasteiger partial charge in [0.05, 0.1) is 6.54 Å². The normalized spacial score (nSPS) is 18.8. The van der Waals surface area contributed by atoms with Crippen LogP contribution in [0.3, 0.4) is 0 Å². The maximum Gasteiger partial charge on any atom is 0.247 e. The third-order valence-electron chi connectivity index (χ3n) is 4.60. The number of carbonyl (C=O) groups excluding carboxylic acids is 1. The van der Waals surface area contributed by atoms with Crippen molar-refractivity contribution in [2.45, 2.75) is 32.1 Å². The van der Waals surface area contributed by atoms with E-state index in [1.54, 1.807) is 0 Å². The molecular formula is C23H25NO3. The average Bonchev–Trinajstić information content (AvgIpc) is 2.71. The number of likely N-dealkylation sites (tertiary alicyclic amines) is 1. The van der Waals surface area contributed by atoms with Crippen molar-refractivity contribution in [1.29, 1.82) is 0 Å². The molecule has 1 atom stereocenters. The molecule has 0 N–H and O–H groups in total. The zero-order valence-electron chi connectivity index (χ0n) is 15.9. The zero-order valence-corrected chi connectivity index (χ0v) is 15.9. The van der Waals surface area contributed by atoms with Gasteiger partial charge in [-0.2, -0.15) is 0 Å². The van der Waals surface area contributed by atoms with Crippen LogP contribution in [0.25, 0.3) is 0 Å². The first kappa shape index (κ1) is 19.2. The molecule has 0 spiro atoms. The van der Waals surface area contributed by atoms with Crippen molar-refractivity contribution in [3.05, 3.63) is 71.8 Å². The lowest BCUT2D eigenvalue weighted by atomic mass is 9.73. The molecule has 1 amide bonds. The van der Waals surface area contributed by atoms with Gasteiger partial charge in [0.25, 0.3) is 0 Å². The monoisotopic (exact) mass is 363 g/mol. The molecule has 1 heterocycles. The molecular weight excluding hydrogens is 338 g/mol. The summed E-state index contributed by atoms with van der Waals surface area (Å²) in [7, 11) is 0. The molecule has 2 aromatic carbocycles. The van der Waals surface area contributed by atoms with Gasteiger partial charge in [0.2, 0.25) is 12.2 Å². The van der Waals surface area contributed by atoms with Crippen LogP contribution in [0.4, 0.5) is 0 Å². The summed E-state index contributed by atoms with van der Waals surface area (Å²) in [4.78, 5) is 15.0. The summed E-state index contributed by atoms with van der Waals surface area (Å²) in [6.45, 7) is 5.96. The van der Waals surface area contributed by atoms with E-state index in [9.17, 15) is 4.79 Å². The van der Waals surface area contributed by atoms with Crippen LogP contribution in [-0.4, -0.2) is 36.9 Å². The van der Waals surface area contributed by atoms with Crippen molar-refractivity contribution in [2.75, 3.05) is 19.8 Å². The summed E-state index contributed by atoms with van der Waals surface area (Å²) in [5, 5.41) is 0. The first-order chi connectivity index (χ1) is 13.2. The van der Waals surface area contributed by atoms with Gasteiger partial charge in [-0.15, -0.1) is 0 Å². The Hall–Kier alpha value is -2.61. The highest BCUT2D eigenvalue weighted by molar-refractivity contribution is 5.98. The molecule has 0 aliphatic carbocycles. The summed E-state index contributed by atoms with van der Waals surface area (Å²) in [6.07, 6.45) is -0.614. The number of hydrogen-bond acceptors (Lipinski definition) is 3. The van der Waals surface area contributed by atoms with E-state index in [4.69, 9.17) is 9.47 Å². The Morgan fingerprint density at radius 1 is 1.00 bits per heavy atom. The number of carbonyl (C=O) groups is 1. The second-order valence-electron chi connectivity index (χ2n) is 6.43. The molecule has 0 aromatic heterocycles. The fraction of sp³-hybridized carbons (Fsp3) is 0.348. The second kappa shape index (κ2) is 8.85. The lowest BCUT2D eigenvalue weighted by molar-refractivity contribution is -0.148. The van der Waals surface area contributed by atoms with E-state index >= 15 is 0 Å². The molecule has 0 saturated carbocycles. The molecule has 0 radical (unpaired) electrons. The van der Waals surface area contributed by atoms with Crippen LogP contribution < -0.4 is 0 Å². The van der Waals surface area contributed by atoms with Crippen molar-refractivity contribution in [1.82, 2.24) is 4.90 Å². The van der Waals surface area contributed by atoms with Crippen molar-refractivity contribution < 1.29 is 14.3 Å². The molecule has 1 saturated heterocycles. The standard InChI is InChI=1S/C23H25NO3/c1-3-26-21(27-4-2)15-16-23(20-13-9-6-10-14-20)18-24(22(23)25)17-19-11-7-5-8-12-19/h5-14,21H,3-4,17-18H2,1-2H3/t23-/m0/s1. The molecule has 3 rings (SSSR count). The van der Waals surface area contributed by atoms with Crippen LogP contribution in [-0.2, 0) is 26.2 Å². The van der Waals surface area contributed by atoms with Gasteiger partial charge in [-0.3, -0.25) is 4.79 Å². The summed E-state index contributed by atoms with van der Waals surface area (Å²) >= 11 is 0. The minimum Gasteiger partial charge on any atom is -0.342 e. The summed E-state index contributed by atoms with van der Waals surface area (Å²) in [5.74, 6) is 6.25. The number of nitrogens with zero attached hydrogens (tertiary/aromatic N) is 1. The fourth-order valence-corrected chi connectivity index (χ4v) is 3.25. The Labute approximate surface area is 161 Å². The molecule has 1 aliphatic heterocycles. The number of rotatable bonds is 7. The number of ether oxygens (including phenoxy) is 2. The first-order valence-electron chi connectivity index (χ1n) is 9.34. The number of benzene rings is 2. The average molecular weight is 363 g/mol. The topological polar surface area (TPSA) is 38.8 Å². The lowest BCUT2D eigenvalue weighted by Crippen LogP contribution is -2.63. The van der Waals surface area contributed by atoms with Gasteiger partial charge in [-0.05, 0) is 30.9 Å². The molecule has 4 nitrogen and oxygen atoms in total. The predicted octanol–water partition coefficient (Wildman–Crippen LogP) is 3.37. The maximum absolute atomic E-state index is 13.2. The van der Waals surface area contributed by atoms with E-state index in [-0.39, 0.29) is 5.91 Å². The van der Waals surface area contributed by atoms with Crippen LogP contribution in [0, 0.1) is 11.8 Å².